The Kier molecular flexibility index (Phi) is 3.85. The normalized spacial score (nSPS) is 13.0. The van der Waals surface area contributed by atoms with Crippen LogP contribution in [-0.4, -0.2) is 15.9 Å². The van der Waals surface area contributed by atoms with Crippen LogP contribution in [-0.2, 0) is 0 Å². The molecule has 0 aliphatic carbocycles. The second-order valence-corrected chi connectivity index (χ2v) is 3.01. The Morgan fingerprint density at radius 1 is 1.64 bits per heavy atom. The molecule has 0 spiro atoms. The minimum atomic E-state index is 0.703. The fourth-order valence-electron chi connectivity index (χ4n) is 1.22. The first-order valence-corrected chi connectivity index (χ1v) is 4.57. The van der Waals surface area contributed by atoms with Gasteiger partial charge in [0.2, 0.25) is 0 Å². The zero-order valence-corrected chi connectivity index (χ0v) is 8.44. The van der Waals surface area contributed by atoms with Gasteiger partial charge in [0.1, 0.15) is 0 Å². The molecular weight excluding hydrogens is 176 g/mol. The Morgan fingerprint density at radius 3 is 2.93 bits per heavy atom. The fourth-order valence-corrected chi connectivity index (χ4v) is 1.22. The molecule has 0 unspecified atom stereocenters. The highest BCUT2D eigenvalue weighted by Gasteiger charge is 1.99. The lowest BCUT2D eigenvalue weighted by atomic mass is 10.1. The average Bonchev–Trinajstić information content (AvgIpc) is 2.21. The van der Waals surface area contributed by atoms with Gasteiger partial charge >= 0.3 is 0 Å². The fraction of sp³-hybridized carbons (Fsp3) is 0.273. The number of hydrogen-bond donors (Lipinski definition) is 1. The number of rotatable bonds is 3. The molecule has 1 aromatic rings. The van der Waals surface area contributed by atoms with Gasteiger partial charge in [-0.2, -0.15) is 0 Å². The van der Waals surface area contributed by atoms with Crippen LogP contribution < -0.4 is 0 Å². The monoisotopic (exact) mass is 190 g/mol. The Hall–Kier alpha value is -1.64. The molecule has 0 aliphatic rings. The van der Waals surface area contributed by atoms with Crippen molar-refractivity contribution in [3.05, 3.63) is 35.7 Å². The van der Waals surface area contributed by atoms with Gasteiger partial charge in [0.05, 0.1) is 5.71 Å². The largest absolute Gasteiger partial charge is 0.411 e. The molecule has 0 bridgehead atoms. The highest BCUT2D eigenvalue weighted by Crippen LogP contribution is 2.08. The molecule has 0 saturated carbocycles. The van der Waals surface area contributed by atoms with Crippen LogP contribution in [0.15, 0.2) is 35.3 Å². The Bertz CT molecular complexity index is 342. The molecular formula is C11H14N2O. The number of oxime groups is 1. The van der Waals surface area contributed by atoms with E-state index in [0.717, 1.165) is 17.6 Å². The minimum absolute atomic E-state index is 0.703. The van der Waals surface area contributed by atoms with Crippen LogP contribution >= 0.6 is 0 Å². The van der Waals surface area contributed by atoms with Crippen molar-refractivity contribution in [2.45, 2.75) is 20.3 Å². The van der Waals surface area contributed by atoms with Crippen molar-refractivity contribution in [3.63, 3.8) is 0 Å². The van der Waals surface area contributed by atoms with E-state index in [1.54, 1.807) is 12.4 Å². The second-order valence-electron chi connectivity index (χ2n) is 3.01. The van der Waals surface area contributed by atoms with Crippen LogP contribution in [0.3, 0.4) is 0 Å². The predicted molar refractivity (Wildman–Crippen MR) is 57.4 cm³/mol. The molecule has 1 aromatic heterocycles. The van der Waals surface area contributed by atoms with Crippen LogP contribution in [0, 0.1) is 0 Å². The summed E-state index contributed by atoms with van der Waals surface area (Å²) in [7, 11) is 0. The maximum absolute atomic E-state index is 8.71. The van der Waals surface area contributed by atoms with Crippen molar-refractivity contribution in [3.8, 4) is 0 Å². The van der Waals surface area contributed by atoms with E-state index in [1.807, 2.05) is 32.1 Å². The minimum Gasteiger partial charge on any atom is -0.411 e. The summed E-state index contributed by atoms with van der Waals surface area (Å²) in [5, 5.41) is 11.9. The molecule has 3 nitrogen and oxygen atoms in total. The van der Waals surface area contributed by atoms with E-state index >= 15 is 0 Å². The van der Waals surface area contributed by atoms with E-state index < -0.39 is 0 Å². The van der Waals surface area contributed by atoms with Crippen LogP contribution in [0.1, 0.15) is 25.8 Å². The van der Waals surface area contributed by atoms with E-state index in [1.165, 1.54) is 0 Å². The van der Waals surface area contributed by atoms with Gasteiger partial charge < -0.3 is 5.21 Å². The zero-order valence-electron chi connectivity index (χ0n) is 8.44. The van der Waals surface area contributed by atoms with Crippen LogP contribution in [0.5, 0.6) is 0 Å². The van der Waals surface area contributed by atoms with Gasteiger partial charge in [-0.25, -0.2) is 0 Å². The molecule has 1 heterocycles. The third-order valence-electron chi connectivity index (χ3n) is 1.98. The molecule has 0 aliphatic heterocycles. The highest BCUT2D eigenvalue weighted by molar-refractivity contribution is 6.02. The first kappa shape index (κ1) is 10.4. The molecule has 0 radical (unpaired) electrons. The third kappa shape index (κ3) is 2.69. The summed E-state index contributed by atoms with van der Waals surface area (Å²) >= 11 is 0. The second kappa shape index (κ2) is 5.17. The van der Waals surface area contributed by atoms with E-state index in [-0.39, 0.29) is 0 Å². The smallest absolute Gasteiger partial charge is 0.0822 e. The summed E-state index contributed by atoms with van der Waals surface area (Å²) in [6.45, 7) is 3.88. The predicted octanol–water partition coefficient (Wildman–Crippen LogP) is 2.73. The lowest BCUT2D eigenvalue weighted by molar-refractivity contribution is 0.318. The van der Waals surface area contributed by atoms with Gasteiger partial charge in [-0.1, -0.05) is 18.1 Å². The highest BCUT2D eigenvalue weighted by atomic mass is 16.4. The van der Waals surface area contributed by atoms with Crippen LogP contribution in [0.4, 0.5) is 0 Å². The molecule has 1 N–H and O–H groups in total. The van der Waals surface area contributed by atoms with E-state index in [4.69, 9.17) is 5.21 Å². The topological polar surface area (TPSA) is 45.5 Å². The van der Waals surface area contributed by atoms with Gasteiger partial charge in [-0.15, -0.1) is 0 Å². The van der Waals surface area contributed by atoms with Crippen LogP contribution in [0.25, 0.3) is 6.08 Å². The van der Waals surface area contributed by atoms with Gasteiger partial charge in [0.25, 0.3) is 0 Å². The summed E-state index contributed by atoms with van der Waals surface area (Å²) in [6, 6.07) is 3.84. The summed E-state index contributed by atoms with van der Waals surface area (Å²) in [6.07, 6.45) is 6.17. The lowest BCUT2D eigenvalue weighted by Gasteiger charge is -2.00. The number of aromatic nitrogens is 1. The number of nitrogens with zero attached hydrogens (tertiary/aromatic N) is 2. The van der Waals surface area contributed by atoms with Gasteiger partial charge in [0, 0.05) is 12.4 Å². The quantitative estimate of drug-likeness (QED) is 0.452. The molecule has 0 atom stereocenters. The molecule has 0 saturated heterocycles. The van der Waals surface area contributed by atoms with Crippen molar-refractivity contribution in [1.82, 2.24) is 4.98 Å². The summed E-state index contributed by atoms with van der Waals surface area (Å²) < 4.78 is 0. The Balaban J connectivity index is 2.89. The van der Waals surface area contributed by atoms with Crippen molar-refractivity contribution < 1.29 is 5.21 Å². The first-order valence-electron chi connectivity index (χ1n) is 4.57. The van der Waals surface area contributed by atoms with Gasteiger partial charge in [-0.3, -0.25) is 4.98 Å². The maximum Gasteiger partial charge on any atom is 0.0822 e. The lowest BCUT2D eigenvalue weighted by Crippen LogP contribution is -1.97. The van der Waals surface area contributed by atoms with Crippen molar-refractivity contribution in [1.29, 1.82) is 0 Å². The first-order chi connectivity index (χ1) is 6.77. The van der Waals surface area contributed by atoms with Crippen molar-refractivity contribution >= 4 is 11.8 Å². The number of hydrogen-bond acceptors (Lipinski definition) is 3. The molecule has 0 aromatic carbocycles. The third-order valence-corrected chi connectivity index (χ3v) is 1.98. The Morgan fingerprint density at radius 2 is 2.43 bits per heavy atom. The maximum atomic E-state index is 8.71. The molecule has 74 valence electrons. The number of allylic oxidation sites excluding steroid dienone is 1. The molecule has 1 rings (SSSR count). The summed E-state index contributed by atoms with van der Waals surface area (Å²) in [5.74, 6) is 0. The van der Waals surface area contributed by atoms with Gasteiger partial charge in [-0.05, 0) is 36.6 Å². The van der Waals surface area contributed by atoms with Crippen molar-refractivity contribution in [2.24, 2.45) is 5.16 Å². The SMILES string of the molecule is CCC(=N\O)/C(C)=C/c1cccnc1. The van der Waals surface area contributed by atoms with Gasteiger partial charge in [0.15, 0.2) is 0 Å². The molecule has 3 heteroatoms. The van der Waals surface area contributed by atoms with E-state index in [0.29, 0.717) is 5.71 Å². The molecule has 14 heavy (non-hydrogen) atoms. The molecule has 0 fully saturated rings. The summed E-state index contributed by atoms with van der Waals surface area (Å²) in [4.78, 5) is 4.00. The number of pyridine rings is 1. The summed E-state index contributed by atoms with van der Waals surface area (Å²) in [5.41, 5.74) is 2.68. The van der Waals surface area contributed by atoms with Crippen LogP contribution in [0.2, 0.25) is 0 Å². The standard InChI is InChI=1S/C11H14N2O/c1-3-11(13-14)9(2)7-10-5-4-6-12-8-10/h4-8,14H,3H2,1-2H3/b9-7+,13-11+. The Labute approximate surface area is 83.8 Å². The zero-order chi connectivity index (χ0) is 10.4. The average molecular weight is 190 g/mol. The molecule has 0 amide bonds. The van der Waals surface area contributed by atoms with E-state index in [9.17, 15) is 0 Å². The van der Waals surface area contributed by atoms with Crippen molar-refractivity contribution in [2.75, 3.05) is 0 Å². The van der Waals surface area contributed by atoms with E-state index in [2.05, 4.69) is 10.1 Å².